The molecule has 0 heterocycles. The van der Waals surface area contributed by atoms with Crippen molar-refractivity contribution in [2.75, 3.05) is 0 Å². The van der Waals surface area contributed by atoms with E-state index in [0.29, 0.717) is 8.58 Å². The van der Waals surface area contributed by atoms with Gasteiger partial charge in [-0.2, -0.15) is 0 Å². The van der Waals surface area contributed by atoms with Crippen LogP contribution in [0.3, 0.4) is 0 Å². The molecule has 0 saturated carbocycles. The Morgan fingerprint density at radius 1 is 0.741 bits per heavy atom. The Bertz CT molecular complexity index is 792. The Balaban J connectivity index is 2.82. The van der Waals surface area contributed by atoms with E-state index in [-0.39, 0.29) is 16.2 Å². The lowest BCUT2D eigenvalue weighted by atomic mass is 9.75. The second-order valence-corrected chi connectivity index (χ2v) is 11.8. The smallest absolute Gasteiger partial charge is 0.150 e. The number of carbonyl (C=O) groups excluding carboxylic acids is 1. The van der Waals surface area contributed by atoms with E-state index in [4.69, 9.17) is 0 Å². The molecule has 2 aromatic rings. The van der Waals surface area contributed by atoms with E-state index in [1.54, 1.807) is 0 Å². The normalized spacial score (nSPS) is 13.4. The van der Waals surface area contributed by atoms with Gasteiger partial charge in [0, 0.05) is 5.56 Å². The first-order valence-electron chi connectivity index (χ1n) is 9.76. The van der Waals surface area contributed by atoms with E-state index in [0.717, 1.165) is 17.2 Å². The summed E-state index contributed by atoms with van der Waals surface area (Å²) in [6.07, 6.45) is 0.985. The van der Waals surface area contributed by atoms with Crippen LogP contribution >= 0.6 is 8.58 Å². The molecule has 146 valence electrons. The first-order chi connectivity index (χ1) is 12.2. The molecule has 0 bridgehead atoms. The van der Waals surface area contributed by atoms with Crippen molar-refractivity contribution in [3.05, 3.63) is 58.7 Å². The van der Waals surface area contributed by atoms with Crippen molar-refractivity contribution in [3.8, 4) is 0 Å². The number of carbonyl (C=O) groups is 1. The standard InChI is InChI=1S/C25H35OP/c1-23(2,3)18-14-19(24(4,5)6)22(20(15-18)25(7,8)9)27-21-13-11-10-12-17(21)16-26/h10-16,27H,1-9H3. The van der Waals surface area contributed by atoms with E-state index < -0.39 is 0 Å². The molecule has 0 amide bonds. The van der Waals surface area contributed by atoms with E-state index in [9.17, 15) is 4.79 Å². The maximum atomic E-state index is 11.6. The van der Waals surface area contributed by atoms with E-state index in [2.05, 4.69) is 80.5 Å². The summed E-state index contributed by atoms with van der Waals surface area (Å²) in [5, 5.41) is 2.53. The molecule has 0 spiro atoms. The molecule has 2 rings (SSSR count). The summed E-state index contributed by atoms with van der Waals surface area (Å²) in [4.78, 5) is 11.6. The van der Waals surface area contributed by atoms with Crippen molar-refractivity contribution >= 4 is 25.5 Å². The van der Waals surface area contributed by atoms with Crippen LogP contribution in [-0.4, -0.2) is 6.29 Å². The monoisotopic (exact) mass is 382 g/mol. The van der Waals surface area contributed by atoms with Gasteiger partial charge >= 0.3 is 0 Å². The fourth-order valence-corrected chi connectivity index (χ4v) is 5.14. The minimum absolute atomic E-state index is 0.0414. The highest BCUT2D eigenvalue weighted by molar-refractivity contribution is 7.56. The number of hydrogen-bond donors (Lipinski definition) is 0. The van der Waals surface area contributed by atoms with Gasteiger partial charge in [-0.05, 0) is 43.5 Å². The zero-order chi connectivity index (χ0) is 20.6. The highest BCUT2D eigenvalue weighted by atomic mass is 31.1. The molecule has 1 nitrogen and oxygen atoms in total. The lowest BCUT2D eigenvalue weighted by molar-refractivity contribution is 0.112. The molecular formula is C25H35OP. The van der Waals surface area contributed by atoms with Gasteiger partial charge in [-0.25, -0.2) is 0 Å². The van der Waals surface area contributed by atoms with Crippen molar-refractivity contribution in [1.29, 1.82) is 0 Å². The Morgan fingerprint density at radius 3 is 1.63 bits per heavy atom. The van der Waals surface area contributed by atoms with Crippen molar-refractivity contribution in [2.24, 2.45) is 0 Å². The summed E-state index contributed by atoms with van der Waals surface area (Å²) in [6, 6.07) is 12.8. The van der Waals surface area contributed by atoms with Gasteiger partial charge in [0.25, 0.3) is 0 Å². The van der Waals surface area contributed by atoms with Crippen molar-refractivity contribution in [2.45, 2.75) is 78.6 Å². The zero-order valence-corrected chi connectivity index (χ0v) is 19.4. The van der Waals surface area contributed by atoms with Crippen LogP contribution in [0.2, 0.25) is 0 Å². The molecule has 1 unspecified atom stereocenters. The van der Waals surface area contributed by atoms with Crippen molar-refractivity contribution < 1.29 is 4.79 Å². The third-order valence-electron chi connectivity index (χ3n) is 4.97. The molecule has 0 fully saturated rings. The fraction of sp³-hybridized carbons (Fsp3) is 0.480. The van der Waals surface area contributed by atoms with Gasteiger partial charge in [-0.15, -0.1) is 0 Å². The predicted octanol–water partition coefficient (Wildman–Crippen LogP) is 6.02. The molecule has 0 radical (unpaired) electrons. The zero-order valence-electron chi connectivity index (χ0n) is 18.4. The molecule has 0 aromatic heterocycles. The van der Waals surface area contributed by atoms with E-state index in [1.165, 1.54) is 22.0 Å². The second-order valence-electron chi connectivity index (χ2n) is 10.5. The Morgan fingerprint density at radius 2 is 1.22 bits per heavy atom. The van der Waals surface area contributed by atoms with Crippen LogP contribution in [0.25, 0.3) is 0 Å². The predicted molar refractivity (Wildman–Crippen MR) is 122 cm³/mol. The molecular weight excluding hydrogens is 347 g/mol. The van der Waals surface area contributed by atoms with E-state index in [1.807, 2.05) is 18.2 Å². The SMILES string of the molecule is CC(C)(C)c1cc(C(C)(C)C)c(Pc2ccccc2C=O)c(C(C)(C)C)c1. The lowest BCUT2D eigenvalue weighted by Crippen LogP contribution is -2.31. The molecule has 2 aromatic carbocycles. The molecule has 0 aliphatic carbocycles. The van der Waals surface area contributed by atoms with Gasteiger partial charge in [0.05, 0.1) is 0 Å². The third kappa shape index (κ3) is 5.08. The van der Waals surface area contributed by atoms with Crippen LogP contribution in [-0.2, 0) is 16.2 Å². The number of rotatable bonds is 3. The molecule has 2 heteroatoms. The third-order valence-corrected chi connectivity index (χ3v) is 6.48. The summed E-state index contributed by atoms with van der Waals surface area (Å²) in [5.74, 6) is 0. The number of hydrogen-bond acceptors (Lipinski definition) is 1. The first kappa shape index (κ1) is 21.8. The summed E-state index contributed by atoms with van der Waals surface area (Å²) >= 11 is 0. The maximum absolute atomic E-state index is 11.6. The van der Waals surface area contributed by atoms with E-state index >= 15 is 0 Å². The van der Waals surface area contributed by atoms with Crippen molar-refractivity contribution in [3.63, 3.8) is 0 Å². The summed E-state index contributed by atoms with van der Waals surface area (Å²) < 4.78 is 0. The van der Waals surface area contributed by atoms with Crippen LogP contribution < -0.4 is 10.6 Å². The Hall–Kier alpha value is -1.46. The van der Waals surface area contributed by atoms with Gasteiger partial charge in [0.2, 0.25) is 0 Å². The van der Waals surface area contributed by atoms with Crippen LogP contribution in [0.5, 0.6) is 0 Å². The highest BCUT2D eigenvalue weighted by Gasteiger charge is 2.29. The fourth-order valence-electron chi connectivity index (χ4n) is 3.24. The minimum atomic E-state index is 0.0414. The highest BCUT2D eigenvalue weighted by Crippen LogP contribution is 2.36. The minimum Gasteiger partial charge on any atom is -0.298 e. The maximum Gasteiger partial charge on any atom is 0.150 e. The quantitative estimate of drug-likeness (QED) is 0.468. The topological polar surface area (TPSA) is 17.1 Å². The molecule has 0 aliphatic heterocycles. The molecule has 0 saturated heterocycles. The average molecular weight is 383 g/mol. The first-order valence-corrected chi connectivity index (χ1v) is 10.8. The van der Waals surface area contributed by atoms with Crippen LogP contribution in [0.4, 0.5) is 0 Å². The van der Waals surface area contributed by atoms with Gasteiger partial charge in [0.15, 0.2) is 6.29 Å². The molecule has 1 atom stereocenters. The number of benzene rings is 2. The van der Waals surface area contributed by atoms with Gasteiger partial charge in [-0.3, -0.25) is 4.79 Å². The van der Waals surface area contributed by atoms with Gasteiger partial charge in [-0.1, -0.05) is 107 Å². The number of aldehydes is 1. The van der Waals surface area contributed by atoms with Crippen molar-refractivity contribution in [1.82, 2.24) is 0 Å². The molecule has 0 N–H and O–H groups in total. The Kier molecular flexibility index (Phi) is 6.08. The van der Waals surface area contributed by atoms with Gasteiger partial charge < -0.3 is 0 Å². The Labute approximate surface area is 167 Å². The summed E-state index contributed by atoms with van der Waals surface area (Å²) in [7, 11) is 0.476. The summed E-state index contributed by atoms with van der Waals surface area (Å²) in [5.41, 5.74) is 5.17. The lowest BCUT2D eigenvalue weighted by Gasteiger charge is -2.33. The van der Waals surface area contributed by atoms with Crippen LogP contribution in [0, 0.1) is 0 Å². The molecule has 0 aliphatic rings. The molecule has 27 heavy (non-hydrogen) atoms. The van der Waals surface area contributed by atoms with Gasteiger partial charge in [0.1, 0.15) is 0 Å². The van der Waals surface area contributed by atoms with Crippen LogP contribution in [0.15, 0.2) is 36.4 Å². The second kappa shape index (κ2) is 7.51. The summed E-state index contributed by atoms with van der Waals surface area (Å²) in [6.45, 7) is 20.6. The average Bonchev–Trinajstić information content (AvgIpc) is 2.52. The van der Waals surface area contributed by atoms with Crippen LogP contribution in [0.1, 0.15) is 89.4 Å². The largest absolute Gasteiger partial charge is 0.298 e.